The Morgan fingerprint density at radius 3 is 2.19 bits per heavy atom. The molecule has 0 spiro atoms. The summed E-state index contributed by atoms with van der Waals surface area (Å²) in [4.78, 5) is 2.38. The van der Waals surface area contributed by atoms with E-state index in [0.717, 1.165) is 13.1 Å². The molecule has 2 N–H and O–H groups in total. The molecule has 0 aliphatic rings. The van der Waals surface area contributed by atoms with Gasteiger partial charge in [0.2, 0.25) is 0 Å². The van der Waals surface area contributed by atoms with E-state index in [0.29, 0.717) is 13.2 Å². The van der Waals surface area contributed by atoms with Crippen LogP contribution in [0.25, 0.3) is 0 Å². The van der Waals surface area contributed by atoms with Crippen LogP contribution >= 0.6 is 0 Å². The third-order valence-electron chi connectivity index (χ3n) is 3.59. The molecule has 0 aromatic heterocycles. The van der Waals surface area contributed by atoms with Gasteiger partial charge in [-0.1, -0.05) is 60.7 Å². The Labute approximate surface area is 127 Å². The van der Waals surface area contributed by atoms with Gasteiger partial charge in [0.25, 0.3) is 0 Å². The Kier molecular flexibility index (Phi) is 6.41. The molecule has 3 heteroatoms. The van der Waals surface area contributed by atoms with Crippen molar-refractivity contribution in [2.45, 2.75) is 12.6 Å². The van der Waals surface area contributed by atoms with Crippen LogP contribution in [0.2, 0.25) is 0 Å². The summed E-state index contributed by atoms with van der Waals surface area (Å²) >= 11 is 0. The van der Waals surface area contributed by atoms with Crippen LogP contribution < -0.4 is 5.73 Å². The van der Waals surface area contributed by atoms with Gasteiger partial charge in [0.15, 0.2) is 0 Å². The first-order valence-corrected chi connectivity index (χ1v) is 7.37. The highest BCUT2D eigenvalue weighted by Crippen LogP contribution is 2.22. The maximum absolute atomic E-state index is 5.81. The van der Waals surface area contributed by atoms with E-state index >= 15 is 0 Å². The lowest BCUT2D eigenvalue weighted by molar-refractivity contribution is 0.0867. The van der Waals surface area contributed by atoms with Crippen molar-refractivity contribution in [1.82, 2.24) is 4.90 Å². The van der Waals surface area contributed by atoms with Gasteiger partial charge < -0.3 is 10.5 Å². The third kappa shape index (κ3) is 4.67. The van der Waals surface area contributed by atoms with Crippen molar-refractivity contribution in [3.63, 3.8) is 0 Å². The summed E-state index contributed by atoms with van der Waals surface area (Å²) < 4.78 is 5.44. The third-order valence-corrected chi connectivity index (χ3v) is 3.59. The largest absolute Gasteiger partial charge is 0.383 e. The molecule has 0 aliphatic carbocycles. The van der Waals surface area contributed by atoms with Crippen LogP contribution in [-0.2, 0) is 11.3 Å². The van der Waals surface area contributed by atoms with Gasteiger partial charge in [-0.3, -0.25) is 4.90 Å². The Balaban J connectivity index is 2.20. The molecule has 0 fully saturated rings. The van der Waals surface area contributed by atoms with Crippen molar-refractivity contribution in [2.24, 2.45) is 5.73 Å². The lowest BCUT2D eigenvalue weighted by atomic mass is 10.0. The number of ether oxygens (including phenoxy) is 1. The minimum absolute atomic E-state index is 0.222. The molecular weight excluding hydrogens is 260 g/mol. The Morgan fingerprint density at radius 1 is 1.00 bits per heavy atom. The molecule has 0 radical (unpaired) electrons. The van der Waals surface area contributed by atoms with Crippen LogP contribution in [0.5, 0.6) is 0 Å². The molecule has 21 heavy (non-hydrogen) atoms. The highest BCUT2D eigenvalue weighted by atomic mass is 16.5. The van der Waals surface area contributed by atoms with Crippen molar-refractivity contribution in [3.05, 3.63) is 71.8 Å². The van der Waals surface area contributed by atoms with Gasteiger partial charge in [-0.2, -0.15) is 0 Å². The monoisotopic (exact) mass is 284 g/mol. The molecule has 2 aromatic carbocycles. The fourth-order valence-electron chi connectivity index (χ4n) is 2.57. The smallest absolute Gasteiger partial charge is 0.0659 e. The number of hydrogen-bond acceptors (Lipinski definition) is 3. The fraction of sp³-hybridized carbons (Fsp3) is 0.333. The molecular formula is C18H24N2O. The van der Waals surface area contributed by atoms with E-state index in [1.54, 1.807) is 7.11 Å². The van der Waals surface area contributed by atoms with Gasteiger partial charge in [-0.15, -0.1) is 0 Å². The van der Waals surface area contributed by atoms with Crippen LogP contribution in [-0.4, -0.2) is 31.7 Å². The Morgan fingerprint density at radius 2 is 1.62 bits per heavy atom. The first kappa shape index (κ1) is 15.7. The molecule has 1 atom stereocenters. The zero-order chi connectivity index (χ0) is 14.9. The minimum Gasteiger partial charge on any atom is -0.383 e. The molecule has 0 heterocycles. The molecule has 0 saturated heterocycles. The van der Waals surface area contributed by atoms with Gasteiger partial charge in [0, 0.05) is 26.7 Å². The van der Waals surface area contributed by atoms with E-state index in [4.69, 9.17) is 10.5 Å². The zero-order valence-corrected chi connectivity index (χ0v) is 12.6. The van der Waals surface area contributed by atoms with E-state index in [9.17, 15) is 0 Å². The topological polar surface area (TPSA) is 38.5 Å². The van der Waals surface area contributed by atoms with Gasteiger partial charge in [-0.25, -0.2) is 0 Å². The van der Waals surface area contributed by atoms with Gasteiger partial charge in [-0.05, 0) is 11.1 Å². The second kappa shape index (κ2) is 8.57. The van der Waals surface area contributed by atoms with E-state index in [1.165, 1.54) is 11.1 Å². The summed E-state index contributed by atoms with van der Waals surface area (Å²) in [7, 11) is 1.75. The number of benzene rings is 2. The second-order valence-corrected chi connectivity index (χ2v) is 5.13. The van der Waals surface area contributed by atoms with Crippen LogP contribution in [0.3, 0.4) is 0 Å². The lowest BCUT2D eigenvalue weighted by Gasteiger charge is -2.31. The van der Waals surface area contributed by atoms with Crippen molar-refractivity contribution in [2.75, 3.05) is 26.8 Å². The summed E-state index contributed by atoms with van der Waals surface area (Å²) in [5.74, 6) is 0. The summed E-state index contributed by atoms with van der Waals surface area (Å²) in [5, 5.41) is 0. The van der Waals surface area contributed by atoms with E-state index < -0.39 is 0 Å². The lowest BCUT2D eigenvalue weighted by Crippen LogP contribution is -2.35. The van der Waals surface area contributed by atoms with Gasteiger partial charge in [0.05, 0.1) is 12.6 Å². The van der Waals surface area contributed by atoms with E-state index in [1.807, 2.05) is 12.1 Å². The van der Waals surface area contributed by atoms with Crippen molar-refractivity contribution in [1.29, 1.82) is 0 Å². The van der Waals surface area contributed by atoms with Crippen molar-refractivity contribution < 1.29 is 4.74 Å². The average Bonchev–Trinajstić information content (AvgIpc) is 2.54. The summed E-state index contributed by atoms with van der Waals surface area (Å²) in [6, 6.07) is 21.2. The molecule has 2 aromatic rings. The number of nitrogens with zero attached hydrogens (tertiary/aromatic N) is 1. The van der Waals surface area contributed by atoms with Crippen LogP contribution in [0.1, 0.15) is 17.2 Å². The predicted molar refractivity (Wildman–Crippen MR) is 87.0 cm³/mol. The first-order chi connectivity index (χ1) is 10.3. The number of methoxy groups -OCH3 is 1. The number of nitrogens with two attached hydrogens (primary N) is 1. The molecule has 0 aliphatic heterocycles. The van der Waals surface area contributed by atoms with Gasteiger partial charge >= 0.3 is 0 Å². The second-order valence-electron chi connectivity index (χ2n) is 5.13. The normalized spacial score (nSPS) is 12.5. The zero-order valence-electron chi connectivity index (χ0n) is 12.6. The quantitative estimate of drug-likeness (QED) is 0.810. The SMILES string of the molecule is COCC(c1ccccc1)N(CCN)Cc1ccccc1. The predicted octanol–water partition coefficient (Wildman–Crippen LogP) is 2.84. The standard InChI is InChI=1S/C18H24N2O/c1-21-15-18(17-10-6-3-7-11-17)20(13-12-19)14-16-8-4-2-5-9-16/h2-11,18H,12-15,19H2,1H3. The maximum atomic E-state index is 5.81. The Bertz CT molecular complexity index is 501. The van der Waals surface area contributed by atoms with Crippen LogP contribution in [0, 0.1) is 0 Å². The van der Waals surface area contributed by atoms with Crippen molar-refractivity contribution >= 4 is 0 Å². The van der Waals surface area contributed by atoms with E-state index in [2.05, 4.69) is 53.4 Å². The molecule has 112 valence electrons. The fourth-order valence-corrected chi connectivity index (χ4v) is 2.57. The molecule has 0 saturated carbocycles. The molecule has 0 amide bonds. The highest BCUT2D eigenvalue weighted by Gasteiger charge is 2.19. The molecule has 0 bridgehead atoms. The number of rotatable bonds is 8. The Hall–Kier alpha value is -1.68. The first-order valence-electron chi connectivity index (χ1n) is 7.37. The summed E-state index contributed by atoms with van der Waals surface area (Å²) in [6.45, 7) is 3.02. The number of hydrogen-bond donors (Lipinski definition) is 1. The molecule has 3 nitrogen and oxygen atoms in total. The summed E-state index contributed by atoms with van der Waals surface area (Å²) in [5.41, 5.74) is 8.37. The maximum Gasteiger partial charge on any atom is 0.0659 e. The average molecular weight is 284 g/mol. The van der Waals surface area contributed by atoms with E-state index in [-0.39, 0.29) is 6.04 Å². The molecule has 1 unspecified atom stereocenters. The van der Waals surface area contributed by atoms with Gasteiger partial charge in [0.1, 0.15) is 0 Å². The minimum atomic E-state index is 0.222. The highest BCUT2D eigenvalue weighted by molar-refractivity contribution is 5.20. The van der Waals surface area contributed by atoms with Crippen LogP contribution in [0.4, 0.5) is 0 Å². The molecule has 2 rings (SSSR count). The van der Waals surface area contributed by atoms with Crippen molar-refractivity contribution in [3.8, 4) is 0 Å². The van der Waals surface area contributed by atoms with Crippen LogP contribution in [0.15, 0.2) is 60.7 Å². The summed E-state index contributed by atoms with van der Waals surface area (Å²) in [6.07, 6.45) is 0.